The van der Waals surface area contributed by atoms with Crippen molar-refractivity contribution in [3.8, 4) is 5.75 Å². The average Bonchev–Trinajstić information content (AvgIpc) is 2.45. The van der Waals surface area contributed by atoms with Crippen LogP contribution >= 0.6 is 11.6 Å². The predicted molar refractivity (Wildman–Crippen MR) is 80.8 cm³/mol. The van der Waals surface area contributed by atoms with Crippen molar-refractivity contribution in [2.24, 2.45) is 0 Å². The van der Waals surface area contributed by atoms with Crippen molar-refractivity contribution in [3.05, 3.63) is 28.8 Å². The molecule has 0 saturated heterocycles. The third-order valence-electron chi connectivity index (χ3n) is 3.11. The topological polar surface area (TPSA) is 75.6 Å². The van der Waals surface area contributed by atoms with Gasteiger partial charge in [-0.1, -0.05) is 37.4 Å². The van der Waals surface area contributed by atoms with Gasteiger partial charge in [0.05, 0.1) is 13.5 Å². The molecule has 0 unspecified atom stereocenters. The zero-order valence-corrected chi connectivity index (χ0v) is 12.9. The highest BCUT2D eigenvalue weighted by Crippen LogP contribution is 2.26. The van der Waals surface area contributed by atoms with Crippen LogP contribution in [0.2, 0.25) is 5.02 Å². The molecule has 0 saturated carbocycles. The summed E-state index contributed by atoms with van der Waals surface area (Å²) in [5, 5.41) is 12.1. The summed E-state index contributed by atoms with van der Waals surface area (Å²) < 4.78 is 5.16. The lowest BCUT2D eigenvalue weighted by atomic mass is 10.1. The number of amides is 1. The van der Waals surface area contributed by atoms with Crippen LogP contribution in [0, 0.1) is 0 Å². The van der Waals surface area contributed by atoms with Gasteiger partial charge in [0.1, 0.15) is 11.8 Å². The molecule has 21 heavy (non-hydrogen) atoms. The second-order valence-electron chi connectivity index (χ2n) is 4.70. The van der Waals surface area contributed by atoms with E-state index in [0.717, 1.165) is 12.8 Å². The van der Waals surface area contributed by atoms with Crippen molar-refractivity contribution in [3.63, 3.8) is 0 Å². The first-order valence-electron chi connectivity index (χ1n) is 6.83. The third-order valence-corrected chi connectivity index (χ3v) is 3.47. The van der Waals surface area contributed by atoms with E-state index in [1.807, 2.05) is 6.92 Å². The zero-order valence-electron chi connectivity index (χ0n) is 12.2. The van der Waals surface area contributed by atoms with Gasteiger partial charge in [-0.05, 0) is 18.6 Å². The van der Waals surface area contributed by atoms with Crippen LogP contribution < -0.4 is 10.1 Å². The molecule has 5 nitrogen and oxygen atoms in total. The smallest absolute Gasteiger partial charge is 0.326 e. The van der Waals surface area contributed by atoms with Crippen LogP contribution in [0.3, 0.4) is 0 Å². The fraction of sp³-hybridized carbons (Fsp3) is 0.467. The van der Waals surface area contributed by atoms with Crippen molar-refractivity contribution in [2.45, 2.75) is 38.6 Å². The molecule has 1 amide bonds. The Kier molecular flexibility index (Phi) is 7.02. The molecule has 0 aliphatic carbocycles. The highest BCUT2D eigenvalue weighted by atomic mass is 35.5. The summed E-state index contributed by atoms with van der Waals surface area (Å²) >= 11 is 6.06. The zero-order chi connectivity index (χ0) is 15.8. The maximum absolute atomic E-state index is 12.0. The van der Waals surface area contributed by atoms with Gasteiger partial charge in [-0.2, -0.15) is 0 Å². The molecule has 1 atom stereocenters. The Labute approximate surface area is 129 Å². The average molecular weight is 314 g/mol. The Morgan fingerprint density at radius 2 is 2.14 bits per heavy atom. The summed E-state index contributed by atoms with van der Waals surface area (Å²) in [6, 6.07) is 4.23. The Bertz CT molecular complexity index is 504. The van der Waals surface area contributed by atoms with Crippen molar-refractivity contribution >= 4 is 23.5 Å². The van der Waals surface area contributed by atoms with Gasteiger partial charge in [0.2, 0.25) is 5.91 Å². The molecule has 1 aromatic rings. The summed E-state index contributed by atoms with van der Waals surface area (Å²) in [6.45, 7) is 1.97. The molecule has 1 rings (SSSR count). The minimum atomic E-state index is -1.03. The Balaban J connectivity index is 2.74. The number of rotatable bonds is 8. The molecule has 0 aliphatic rings. The van der Waals surface area contributed by atoms with Crippen LogP contribution in [0.1, 0.15) is 31.7 Å². The van der Waals surface area contributed by atoms with Gasteiger partial charge in [-0.15, -0.1) is 0 Å². The number of hydrogen-bond acceptors (Lipinski definition) is 3. The van der Waals surface area contributed by atoms with Gasteiger partial charge in [-0.25, -0.2) is 4.79 Å². The molecule has 0 heterocycles. The Morgan fingerprint density at radius 3 is 2.71 bits per heavy atom. The standard InChI is InChI=1S/C15H20ClNO4/c1-3-4-7-12(15(19)20)17-14(18)9-10-11(16)6-5-8-13(10)21-2/h5-6,8,12H,3-4,7,9H2,1-2H3,(H,17,18)(H,19,20)/t12-/m0/s1. The number of hydrogen-bond donors (Lipinski definition) is 2. The number of methoxy groups -OCH3 is 1. The van der Waals surface area contributed by atoms with Crippen molar-refractivity contribution in [2.75, 3.05) is 7.11 Å². The second-order valence-corrected chi connectivity index (χ2v) is 5.11. The van der Waals surface area contributed by atoms with Crippen molar-refractivity contribution in [1.29, 1.82) is 0 Å². The van der Waals surface area contributed by atoms with Crippen LogP contribution in [-0.2, 0) is 16.0 Å². The molecule has 6 heteroatoms. The van der Waals surface area contributed by atoms with E-state index in [9.17, 15) is 9.59 Å². The number of carboxylic acid groups (broad SMARTS) is 1. The molecule has 0 bridgehead atoms. The van der Waals surface area contributed by atoms with Gasteiger partial charge in [0.15, 0.2) is 0 Å². The molecule has 0 radical (unpaired) electrons. The molecule has 0 spiro atoms. The van der Waals surface area contributed by atoms with E-state index < -0.39 is 12.0 Å². The molecule has 1 aromatic carbocycles. The highest BCUT2D eigenvalue weighted by Gasteiger charge is 2.20. The van der Waals surface area contributed by atoms with E-state index in [2.05, 4.69) is 5.32 Å². The Morgan fingerprint density at radius 1 is 1.43 bits per heavy atom. The quantitative estimate of drug-likeness (QED) is 0.773. The lowest BCUT2D eigenvalue weighted by Gasteiger charge is -2.15. The lowest BCUT2D eigenvalue weighted by molar-refractivity contribution is -0.142. The Hall–Kier alpha value is -1.75. The van der Waals surface area contributed by atoms with Gasteiger partial charge in [-0.3, -0.25) is 4.79 Å². The number of benzene rings is 1. The summed E-state index contributed by atoms with van der Waals surface area (Å²) in [5.74, 6) is -0.897. The molecule has 0 aromatic heterocycles. The lowest BCUT2D eigenvalue weighted by Crippen LogP contribution is -2.41. The van der Waals surface area contributed by atoms with Crippen LogP contribution in [0.5, 0.6) is 5.75 Å². The first-order chi connectivity index (χ1) is 9.99. The van der Waals surface area contributed by atoms with E-state index in [1.54, 1.807) is 18.2 Å². The van der Waals surface area contributed by atoms with Gasteiger partial charge >= 0.3 is 5.97 Å². The number of carboxylic acids is 1. The molecule has 2 N–H and O–H groups in total. The van der Waals surface area contributed by atoms with Gasteiger partial charge < -0.3 is 15.2 Å². The van der Waals surface area contributed by atoms with Crippen LogP contribution in [0.25, 0.3) is 0 Å². The van der Waals surface area contributed by atoms with E-state index in [0.29, 0.717) is 22.8 Å². The highest BCUT2D eigenvalue weighted by molar-refractivity contribution is 6.31. The molecular weight excluding hydrogens is 294 g/mol. The van der Waals surface area contributed by atoms with E-state index in [1.165, 1.54) is 7.11 Å². The number of carbonyl (C=O) groups excluding carboxylic acids is 1. The van der Waals surface area contributed by atoms with Gasteiger partial charge in [0.25, 0.3) is 0 Å². The van der Waals surface area contributed by atoms with Crippen LogP contribution in [-0.4, -0.2) is 30.1 Å². The predicted octanol–water partition coefficient (Wildman–Crippen LogP) is 2.65. The minimum Gasteiger partial charge on any atom is -0.496 e. The van der Waals surface area contributed by atoms with E-state index >= 15 is 0 Å². The number of unbranched alkanes of at least 4 members (excludes halogenated alkanes) is 1. The maximum atomic E-state index is 12.0. The maximum Gasteiger partial charge on any atom is 0.326 e. The summed E-state index contributed by atoms with van der Waals surface area (Å²) in [7, 11) is 1.49. The van der Waals surface area contributed by atoms with E-state index in [4.69, 9.17) is 21.4 Å². The SMILES string of the molecule is CCCC[C@H](NC(=O)Cc1c(Cl)cccc1OC)C(=O)O. The normalized spacial score (nSPS) is 11.8. The molecular formula is C15H20ClNO4. The summed E-state index contributed by atoms with van der Waals surface area (Å²) in [6.07, 6.45) is 2.01. The first kappa shape index (κ1) is 17.3. The summed E-state index contributed by atoms with van der Waals surface area (Å²) in [5.41, 5.74) is 0.554. The first-order valence-corrected chi connectivity index (χ1v) is 7.21. The minimum absolute atomic E-state index is 0.0151. The van der Waals surface area contributed by atoms with Gasteiger partial charge in [0, 0.05) is 10.6 Å². The number of nitrogens with one attached hydrogen (secondary N) is 1. The van der Waals surface area contributed by atoms with Crippen molar-refractivity contribution < 1.29 is 19.4 Å². The van der Waals surface area contributed by atoms with Crippen LogP contribution in [0.15, 0.2) is 18.2 Å². The van der Waals surface area contributed by atoms with Crippen LogP contribution in [0.4, 0.5) is 0 Å². The molecule has 0 aliphatic heterocycles. The van der Waals surface area contributed by atoms with E-state index in [-0.39, 0.29) is 12.3 Å². The number of carbonyl (C=O) groups is 2. The fourth-order valence-corrected chi connectivity index (χ4v) is 2.21. The third kappa shape index (κ3) is 5.27. The summed E-state index contributed by atoms with van der Waals surface area (Å²) in [4.78, 5) is 23.1. The molecule has 0 fully saturated rings. The monoisotopic (exact) mass is 313 g/mol. The second kappa shape index (κ2) is 8.52. The number of ether oxygens (including phenoxy) is 1. The van der Waals surface area contributed by atoms with Crippen molar-refractivity contribution in [1.82, 2.24) is 5.32 Å². The number of aliphatic carboxylic acids is 1. The largest absolute Gasteiger partial charge is 0.496 e. The number of halogens is 1. The molecule has 116 valence electrons. The fourth-order valence-electron chi connectivity index (χ4n) is 1.97.